The van der Waals surface area contributed by atoms with E-state index in [4.69, 9.17) is 16.3 Å². The van der Waals surface area contributed by atoms with Crippen molar-refractivity contribution in [2.24, 2.45) is 7.05 Å². The molecule has 1 N–H and O–H groups in total. The first-order valence-corrected chi connectivity index (χ1v) is 6.63. The number of hydrogen-bond acceptors (Lipinski definition) is 3. The summed E-state index contributed by atoms with van der Waals surface area (Å²) in [6.07, 6.45) is 1.87. The van der Waals surface area contributed by atoms with Crippen molar-refractivity contribution in [1.82, 2.24) is 9.78 Å². The molecular formula is C14H18ClN3O. The summed E-state index contributed by atoms with van der Waals surface area (Å²) in [5, 5.41) is 8.26. The van der Waals surface area contributed by atoms with Crippen molar-refractivity contribution in [1.29, 1.82) is 0 Å². The summed E-state index contributed by atoms with van der Waals surface area (Å²) in [4.78, 5) is 0. The molecule has 19 heavy (non-hydrogen) atoms. The number of aromatic nitrogens is 2. The molecule has 0 aliphatic heterocycles. The van der Waals surface area contributed by atoms with Gasteiger partial charge < -0.3 is 10.1 Å². The number of nitrogens with zero attached hydrogens (tertiary/aromatic N) is 2. The molecule has 102 valence electrons. The van der Waals surface area contributed by atoms with Crippen LogP contribution in [0.5, 0.6) is 5.75 Å². The molecule has 4 nitrogen and oxygen atoms in total. The molecule has 0 unspecified atom stereocenters. The van der Waals surface area contributed by atoms with Crippen LogP contribution in [0.1, 0.15) is 18.2 Å². The number of ether oxygens (including phenoxy) is 1. The predicted molar refractivity (Wildman–Crippen MR) is 77.9 cm³/mol. The fourth-order valence-electron chi connectivity index (χ4n) is 1.83. The van der Waals surface area contributed by atoms with Gasteiger partial charge in [-0.3, -0.25) is 4.68 Å². The van der Waals surface area contributed by atoms with Crippen LogP contribution in [0, 0.1) is 6.92 Å². The third-order valence-corrected chi connectivity index (χ3v) is 3.28. The molecule has 0 saturated heterocycles. The number of halogens is 1. The Morgan fingerprint density at radius 3 is 2.84 bits per heavy atom. The highest BCUT2D eigenvalue weighted by atomic mass is 35.5. The molecule has 0 radical (unpaired) electrons. The average Bonchev–Trinajstić information content (AvgIpc) is 2.71. The Morgan fingerprint density at radius 1 is 1.42 bits per heavy atom. The number of rotatable bonds is 5. The Bertz CT molecular complexity index is 566. The van der Waals surface area contributed by atoms with Crippen molar-refractivity contribution in [2.75, 3.05) is 11.9 Å². The SMILES string of the molecule is CCOc1ccc(Cl)cc1NCc1cnn(C)c1C. The van der Waals surface area contributed by atoms with Gasteiger partial charge in [0.25, 0.3) is 0 Å². The number of hydrogen-bond donors (Lipinski definition) is 1. The largest absolute Gasteiger partial charge is 0.492 e. The van der Waals surface area contributed by atoms with E-state index in [0.717, 1.165) is 22.7 Å². The van der Waals surface area contributed by atoms with Gasteiger partial charge >= 0.3 is 0 Å². The van der Waals surface area contributed by atoms with Gasteiger partial charge in [0.2, 0.25) is 0 Å². The number of nitrogens with one attached hydrogen (secondary N) is 1. The predicted octanol–water partition coefficient (Wildman–Crippen LogP) is 3.39. The van der Waals surface area contributed by atoms with E-state index in [0.29, 0.717) is 18.2 Å². The monoisotopic (exact) mass is 279 g/mol. The molecule has 0 fully saturated rings. The Balaban J connectivity index is 2.14. The molecule has 0 amide bonds. The number of anilines is 1. The first kappa shape index (κ1) is 13.7. The molecule has 0 atom stereocenters. The lowest BCUT2D eigenvalue weighted by molar-refractivity contribution is 0.341. The van der Waals surface area contributed by atoms with Gasteiger partial charge in [0, 0.05) is 29.9 Å². The van der Waals surface area contributed by atoms with Gasteiger partial charge in [-0.15, -0.1) is 0 Å². The van der Waals surface area contributed by atoms with Gasteiger partial charge in [-0.1, -0.05) is 11.6 Å². The van der Waals surface area contributed by atoms with Crippen LogP contribution >= 0.6 is 11.6 Å². The highest BCUT2D eigenvalue weighted by Gasteiger charge is 2.07. The third kappa shape index (κ3) is 3.20. The Kier molecular flexibility index (Phi) is 4.32. The van der Waals surface area contributed by atoms with Gasteiger partial charge in [0.05, 0.1) is 18.5 Å². The molecule has 0 aliphatic rings. The van der Waals surface area contributed by atoms with Crippen LogP contribution in [0.15, 0.2) is 24.4 Å². The Morgan fingerprint density at radius 2 is 2.21 bits per heavy atom. The molecule has 5 heteroatoms. The van der Waals surface area contributed by atoms with Crippen LogP contribution < -0.4 is 10.1 Å². The van der Waals surface area contributed by atoms with Crippen LogP contribution in [0.4, 0.5) is 5.69 Å². The second kappa shape index (κ2) is 5.97. The van der Waals surface area contributed by atoms with Crippen molar-refractivity contribution in [2.45, 2.75) is 20.4 Å². The van der Waals surface area contributed by atoms with Crippen molar-refractivity contribution in [3.05, 3.63) is 40.7 Å². The summed E-state index contributed by atoms with van der Waals surface area (Å²) in [5.41, 5.74) is 3.20. The molecule has 2 aromatic rings. The number of benzene rings is 1. The highest BCUT2D eigenvalue weighted by Crippen LogP contribution is 2.28. The van der Waals surface area contributed by atoms with Crippen molar-refractivity contribution >= 4 is 17.3 Å². The third-order valence-electron chi connectivity index (χ3n) is 3.05. The van der Waals surface area contributed by atoms with Crippen LogP contribution in [-0.2, 0) is 13.6 Å². The van der Waals surface area contributed by atoms with Crippen molar-refractivity contribution < 1.29 is 4.74 Å². The summed E-state index contributed by atoms with van der Waals surface area (Å²) in [6, 6.07) is 5.58. The average molecular weight is 280 g/mol. The fraction of sp³-hybridized carbons (Fsp3) is 0.357. The second-order valence-electron chi connectivity index (χ2n) is 4.31. The second-order valence-corrected chi connectivity index (χ2v) is 4.74. The quantitative estimate of drug-likeness (QED) is 0.912. The molecule has 1 aromatic carbocycles. The summed E-state index contributed by atoms with van der Waals surface area (Å²) in [6.45, 7) is 5.33. The maximum atomic E-state index is 6.02. The molecule has 2 rings (SSSR count). The van der Waals surface area contributed by atoms with Gasteiger partial charge in [-0.25, -0.2) is 0 Å². The van der Waals surface area contributed by atoms with E-state index < -0.39 is 0 Å². The first-order valence-electron chi connectivity index (χ1n) is 6.25. The summed E-state index contributed by atoms with van der Waals surface area (Å²) < 4.78 is 7.43. The van der Waals surface area contributed by atoms with Crippen molar-refractivity contribution in [3.8, 4) is 5.75 Å². The summed E-state index contributed by atoms with van der Waals surface area (Å²) in [7, 11) is 1.93. The van der Waals surface area contributed by atoms with E-state index in [9.17, 15) is 0 Å². The summed E-state index contributed by atoms with van der Waals surface area (Å²) >= 11 is 6.02. The minimum atomic E-state index is 0.627. The molecular weight excluding hydrogens is 262 g/mol. The maximum absolute atomic E-state index is 6.02. The zero-order valence-corrected chi connectivity index (χ0v) is 12.2. The highest BCUT2D eigenvalue weighted by molar-refractivity contribution is 6.30. The zero-order chi connectivity index (χ0) is 13.8. The standard InChI is InChI=1S/C14H18ClN3O/c1-4-19-14-6-5-12(15)7-13(14)16-8-11-9-17-18(3)10(11)2/h5-7,9,16H,4,8H2,1-3H3. The van der Waals surface area contributed by atoms with Crippen LogP contribution in [0.3, 0.4) is 0 Å². The van der Waals surface area contributed by atoms with E-state index in [1.807, 2.05) is 50.0 Å². The lowest BCUT2D eigenvalue weighted by Gasteiger charge is -2.12. The smallest absolute Gasteiger partial charge is 0.142 e. The van der Waals surface area contributed by atoms with Gasteiger partial charge in [0.15, 0.2) is 0 Å². The molecule has 1 heterocycles. The lowest BCUT2D eigenvalue weighted by Crippen LogP contribution is -2.04. The van der Waals surface area contributed by atoms with Crippen LogP contribution in [0.2, 0.25) is 5.02 Å². The molecule has 0 bridgehead atoms. The molecule has 0 spiro atoms. The van der Waals surface area contributed by atoms with Crippen LogP contribution in [-0.4, -0.2) is 16.4 Å². The van der Waals surface area contributed by atoms with E-state index in [1.165, 1.54) is 0 Å². The van der Waals surface area contributed by atoms with E-state index in [1.54, 1.807) is 0 Å². The fourth-order valence-corrected chi connectivity index (χ4v) is 2.00. The number of aryl methyl sites for hydroxylation is 1. The summed E-state index contributed by atoms with van der Waals surface area (Å²) in [5.74, 6) is 0.813. The van der Waals surface area contributed by atoms with Gasteiger partial charge in [-0.2, -0.15) is 5.10 Å². The lowest BCUT2D eigenvalue weighted by atomic mass is 10.2. The van der Waals surface area contributed by atoms with Crippen molar-refractivity contribution in [3.63, 3.8) is 0 Å². The van der Waals surface area contributed by atoms with E-state index in [2.05, 4.69) is 10.4 Å². The maximum Gasteiger partial charge on any atom is 0.142 e. The van der Waals surface area contributed by atoms with Gasteiger partial charge in [-0.05, 0) is 32.0 Å². The first-order chi connectivity index (χ1) is 9.11. The molecule has 1 aromatic heterocycles. The minimum Gasteiger partial charge on any atom is -0.492 e. The molecule has 0 saturated carbocycles. The van der Waals surface area contributed by atoms with Gasteiger partial charge in [0.1, 0.15) is 5.75 Å². The van der Waals surface area contributed by atoms with E-state index in [-0.39, 0.29) is 0 Å². The minimum absolute atomic E-state index is 0.627. The Hall–Kier alpha value is -1.68. The zero-order valence-electron chi connectivity index (χ0n) is 11.4. The normalized spacial score (nSPS) is 10.5. The topological polar surface area (TPSA) is 39.1 Å². The molecule has 0 aliphatic carbocycles. The Labute approximate surface area is 118 Å². The van der Waals surface area contributed by atoms with E-state index >= 15 is 0 Å². The van der Waals surface area contributed by atoms with Crippen LogP contribution in [0.25, 0.3) is 0 Å².